The molecule has 0 atom stereocenters. The van der Waals surface area contributed by atoms with Crippen molar-refractivity contribution in [2.24, 2.45) is 0 Å². The summed E-state index contributed by atoms with van der Waals surface area (Å²) < 4.78 is 18.3. The lowest BCUT2D eigenvalue weighted by Crippen LogP contribution is -2.15. The predicted octanol–water partition coefficient (Wildman–Crippen LogP) is 4.91. The van der Waals surface area contributed by atoms with E-state index in [1.807, 2.05) is 33.8 Å². The first-order valence-electron chi connectivity index (χ1n) is 10.2. The van der Waals surface area contributed by atoms with Crippen molar-refractivity contribution in [2.75, 3.05) is 6.61 Å². The number of esters is 1. The molecule has 7 nitrogen and oxygen atoms in total. The zero-order valence-electron chi connectivity index (χ0n) is 18.8. The van der Waals surface area contributed by atoms with Crippen molar-refractivity contribution < 1.29 is 23.6 Å². The maximum Gasteiger partial charge on any atom is 0.338 e. The fourth-order valence-corrected chi connectivity index (χ4v) is 3.72. The summed E-state index contributed by atoms with van der Waals surface area (Å²) >= 11 is 0. The highest BCUT2D eigenvalue weighted by atomic mass is 16.5. The smallest absolute Gasteiger partial charge is 0.338 e. The lowest BCUT2D eigenvalue weighted by molar-refractivity contribution is 0.0474. The molecule has 0 unspecified atom stereocenters. The Bertz CT molecular complexity index is 1090. The molecule has 164 valence electrons. The molecule has 0 aliphatic rings. The van der Waals surface area contributed by atoms with Crippen LogP contribution < -0.4 is 4.74 Å². The van der Waals surface area contributed by atoms with E-state index in [1.165, 1.54) is 0 Å². The van der Waals surface area contributed by atoms with Crippen LogP contribution in [0, 0.1) is 27.7 Å². The van der Waals surface area contributed by atoms with Gasteiger partial charge in [-0.05, 0) is 65.8 Å². The average molecular weight is 424 g/mol. The molecule has 0 saturated carbocycles. The monoisotopic (exact) mass is 424 g/mol. The summed E-state index contributed by atoms with van der Waals surface area (Å²) in [6.07, 6.45) is 0. The number of nitrogens with zero attached hydrogens (tertiary/aromatic N) is 2. The highest BCUT2D eigenvalue weighted by molar-refractivity contribution is 6.00. The van der Waals surface area contributed by atoms with Crippen LogP contribution in [0.25, 0.3) is 0 Å². The Balaban J connectivity index is 1.63. The largest absolute Gasteiger partial charge is 0.489 e. The van der Waals surface area contributed by atoms with Gasteiger partial charge in [0, 0.05) is 23.0 Å². The van der Waals surface area contributed by atoms with E-state index in [0.717, 1.165) is 22.6 Å². The molecule has 2 heterocycles. The van der Waals surface area contributed by atoms with Crippen LogP contribution in [0.3, 0.4) is 0 Å². The highest BCUT2D eigenvalue weighted by Gasteiger charge is 2.19. The van der Waals surface area contributed by atoms with Gasteiger partial charge < -0.3 is 18.6 Å². The lowest BCUT2D eigenvalue weighted by Gasteiger charge is -2.13. The van der Waals surface area contributed by atoms with Crippen LogP contribution in [-0.2, 0) is 11.3 Å². The number of benzene rings is 1. The quantitative estimate of drug-likeness (QED) is 0.377. The number of Topliss-reactive ketones (excluding diaryl/α,β-unsaturated/α-hetero) is 1. The third kappa shape index (κ3) is 4.87. The maximum absolute atomic E-state index is 12.6. The molecule has 0 amide bonds. The van der Waals surface area contributed by atoms with Gasteiger partial charge in [0.15, 0.2) is 6.61 Å². The molecular formula is C24H28N2O5. The number of ketones is 1. The predicted molar refractivity (Wildman–Crippen MR) is 116 cm³/mol. The summed E-state index contributed by atoms with van der Waals surface area (Å²) in [5, 5.41) is 3.90. The summed E-state index contributed by atoms with van der Waals surface area (Å²) in [6.45, 7) is 11.6. The minimum Gasteiger partial charge on any atom is -0.489 e. The van der Waals surface area contributed by atoms with E-state index < -0.39 is 5.97 Å². The number of hydrogen-bond acceptors (Lipinski definition) is 6. The zero-order valence-corrected chi connectivity index (χ0v) is 18.8. The first-order chi connectivity index (χ1) is 14.7. The molecule has 2 aromatic heterocycles. The van der Waals surface area contributed by atoms with Crippen LogP contribution in [0.4, 0.5) is 0 Å². The summed E-state index contributed by atoms with van der Waals surface area (Å²) in [6, 6.07) is 8.76. The van der Waals surface area contributed by atoms with E-state index in [4.69, 9.17) is 14.0 Å². The van der Waals surface area contributed by atoms with Crippen molar-refractivity contribution in [2.45, 2.75) is 54.2 Å². The van der Waals surface area contributed by atoms with Crippen molar-refractivity contribution in [3.8, 4) is 5.75 Å². The van der Waals surface area contributed by atoms with Gasteiger partial charge >= 0.3 is 5.97 Å². The Hall–Kier alpha value is -3.35. The topological polar surface area (TPSA) is 83.6 Å². The molecule has 0 fully saturated rings. The SMILES string of the molecule is Cc1noc(C)c1COc1cccc(C(=O)OCC(=O)c2cc(C)n(C(C)C)c2C)c1. The first kappa shape index (κ1) is 22.3. The van der Waals surface area contributed by atoms with Gasteiger partial charge in [-0.15, -0.1) is 0 Å². The summed E-state index contributed by atoms with van der Waals surface area (Å²) in [5.41, 5.74) is 4.42. The molecule has 0 aliphatic carbocycles. The standard InChI is InChI=1S/C24H28N2O5/c1-14(2)26-15(3)10-21(17(26)5)23(27)13-30-24(28)19-8-7-9-20(11-19)29-12-22-16(4)25-31-18(22)6/h7-11,14H,12-13H2,1-6H3. The lowest BCUT2D eigenvalue weighted by atomic mass is 10.1. The number of ether oxygens (including phenoxy) is 2. The second-order valence-corrected chi connectivity index (χ2v) is 7.87. The van der Waals surface area contributed by atoms with Gasteiger partial charge in [-0.2, -0.15) is 0 Å². The van der Waals surface area contributed by atoms with Crippen LogP contribution in [0.2, 0.25) is 0 Å². The molecule has 3 rings (SSSR count). The van der Waals surface area contributed by atoms with Crippen molar-refractivity contribution in [1.82, 2.24) is 9.72 Å². The molecule has 0 bridgehead atoms. The van der Waals surface area contributed by atoms with E-state index in [1.54, 1.807) is 24.3 Å². The third-order valence-corrected chi connectivity index (χ3v) is 5.27. The Morgan fingerprint density at radius 1 is 1.13 bits per heavy atom. The number of carbonyl (C=O) groups is 2. The molecule has 0 N–H and O–H groups in total. The third-order valence-electron chi connectivity index (χ3n) is 5.27. The molecule has 3 aromatic rings. The van der Waals surface area contributed by atoms with Crippen LogP contribution in [-0.4, -0.2) is 28.1 Å². The minimum absolute atomic E-state index is 0.223. The van der Waals surface area contributed by atoms with Gasteiger partial charge in [0.05, 0.1) is 16.8 Å². The zero-order chi connectivity index (χ0) is 22.7. The summed E-state index contributed by atoms with van der Waals surface area (Å²) in [4.78, 5) is 25.1. The molecular weight excluding hydrogens is 396 g/mol. The van der Waals surface area contributed by atoms with Crippen molar-refractivity contribution in [1.29, 1.82) is 0 Å². The van der Waals surface area contributed by atoms with Crippen LogP contribution in [0.1, 0.15) is 69.0 Å². The van der Waals surface area contributed by atoms with Gasteiger partial charge in [-0.3, -0.25) is 4.79 Å². The van der Waals surface area contributed by atoms with Gasteiger partial charge in [0.2, 0.25) is 5.78 Å². The number of hydrogen-bond donors (Lipinski definition) is 0. The van der Waals surface area contributed by atoms with E-state index in [9.17, 15) is 9.59 Å². The second kappa shape index (κ2) is 9.20. The van der Waals surface area contributed by atoms with Gasteiger partial charge in [0.1, 0.15) is 18.1 Å². The molecule has 0 aliphatic heterocycles. The van der Waals surface area contributed by atoms with Gasteiger partial charge in [-0.25, -0.2) is 4.79 Å². The van der Waals surface area contributed by atoms with Gasteiger partial charge in [-0.1, -0.05) is 11.2 Å². The maximum atomic E-state index is 12.6. The van der Waals surface area contributed by atoms with Crippen LogP contribution in [0.5, 0.6) is 5.75 Å². The highest BCUT2D eigenvalue weighted by Crippen LogP contribution is 2.22. The number of carbonyl (C=O) groups excluding carboxylic acids is 2. The molecule has 31 heavy (non-hydrogen) atoms. The number of aryl methyl sites for hydroxylation is 3. The van der Waals surface area contributed by atoms with Crippen molar-refractivity contribution in [3.63, 3.8) is 0 Å². The molecule has 0 spiro atoms. The Morgan fingerprint density at radius 3 is 2.48 bits per heavy atom. The van der Waals surface area contributed by atoms with E-state index >= 15 is 0 Å². The number of aromatic nitrogens is 2. The summed E-state index contributed by atoms with van der Waals surface area (Å²) in [7, 11) is 0. The van der Waals surface area contributed by atoms with E-state index in [0.29, 0.717) is 22.6 Å². The molecule has 1 aromatic carbocycles. The molecule has 7 heteroatoms. The average Bonchev–Trinajstić information content (AvgIpc) is 3.22. The van der Waals surface area contributed by atoms with Crippen molar-refractivity contribution in [3.05, 3.63) is 69.9 Å². The normalized spacial score (nSPS) is 11.1. The Labute approximate surface area is 181 Å². The summed E-state index contributed by atoms with van der Waals surface area (Å²) in [5.74, 6) is 0.414. The molecule has 0 saturated heterocycles. The first-order valence-corrected chi connectivity index (χ1v) is 10.2. The van der Waals surface area contributed by atoms with Crippen LogP contribution in [0.15, 0.2) is 34.9 Å². The Kier molecular flexibility index (Phi) is 6.63. The Morgan fingerprint density at radius 2 is 1.87 bits per heavy atom. The second-order valence-electron chi connectivity index (χ2n) is 7.87. The van der Waals surface area contributed by atoms with Gasteiger partial charge in [0.25, 0.3) is 0 Å². The van der Waals surface area contributed by atoms with E-state index in [-0.39, 0.29) is 25.0 Å². The fraction of sp³-hybridized carbons (Fsp3) is 0.375. The minimum atomic E-state index is -0.575. The van der Waals surface area contributed by atoms with E-state index in [2.05, 4.69) is 23.6 Å². The van der Waals surface area contributed by atoms with Crippen LogP contribution >= 0.6 is 0 Å². The number of rotatable bonds is 8. The molecule has 0 radical (unpaired) electrons. The fourth-order valence-electron chi connectivity index (χ4n) is 3.72. The van der Waals surface area contributed by atoms with Crippen molar-refractivity contribution >= 4 is 11.8 Å².